The van der Waals surface area contributed by atoms with Crippen molar-refractivity contribution in [3.05, 3.63) is 18.2 Å². The molecule has 122 valence electrons. The number of imidazole rings is 1. The molecule has 2 aliphatic rings. The Hall–Kier alpha value is -1.36. The van der Waals surface area contributed by atoms with E-state index in [1.54, 1.807) is 0 Å². The topological polar surface area (TPSA) is 41.4 Å². The van der Waals surface area contributed by atoms with Gasteiger partial charge >= 0.3 is 0 Å². The summed E-state index contributed by atoms with van der Waals surface area (Å²) in [5.74, 6) is 0.657. The van der Waals surface area contributed by atoms with E-state index in [9.17, 15) is 4.79 Å². The highest BCUT2D eigenvalue weighted by atomic mass is 16.2. The zero-order chi connectivity index (χ0) is 15.5. The lowest BCUT2D eigenvalue weighted by molar-refractivity contribution is -0.140. The molecule has 0 radical (unpaired) electrons. The molecule has 0 spiro atoms. The lowest BCUT2D eigenvalue weighted by Crippen LogP contribution is -2.45. The summed E-state index contributed by atoms with van der Waals surface area (Å²) in [7, 11) is 0. The molecule has 1 aliphatic heterocycles. The molecular weight excluding hydrogens is 276 g/mol. The fourth-order valence-electron chi connectivity index (χ4n) is 3.57. The Morgan fingerprint density at radius 1 is 1.36 bits per heavy atom. The van der Waals surface area contributed by atoms with Crippen LogP contribution < -0.4 is 0 Å². The van der Waals surface area contributed by atoms with E-state index >= 15 is 0 Å². The van der Waals surface area contributed by atoms with Gasteiger partial charge in [-0.3, -0.25) is 4.79 Å². The number of amides is 1. The molecule has 22 heavy (non-hydrogen) atoms. The van der Waals surface area contributed by atoms with Crippen molar-refractivity contribution in [2.24, 2.45) is 5.92 Å². The van der Waals surface area contributed by atoms with E-state index in [1.807, 2.05) is 12.5 Å². The van der Waals surface area contributed by atoms with E-state index < -0.39 is 0 Å². The molecular formula is C17H28N4O. The van der Waals surface area contributed by atoms with Crippen LogP contribution in [-0.4, -0.2) is 51.4 Å². The SMILES string of the molecule is CCN(CC)CCC1CN(C(=O)C2CCC2)Cc2cncn21. The second-order valence-corrected chi connectivity index (χ2v) is 6.61. The van der Waals surface area contributed by atoms with Gasteiger partial charge < -0.3 is 14.4 Å². The van der Waals surface area contributed by atoms with E-state index in [-0.39, 0.29) is 5.92 Å². The van der Waals surface area contributed by atoms with Gasteiger partial charge in [-0.2, -0.15) is 0 Å². The molecule has 5 nitrogen and oxygen atoms in total. The minimum Gasteiger partial charge on any atom is -0.334 e. The average Bonchev–Trinajstić information content (AvgIpc) is 2.94. The Bertz CT molecular complexity index is 505. The summed E-state index contributed by atoms with van der Waals surface area (Å²) < 4.78 is 2.29. The first-order valence-corrected chi connectivity index (χ1v) is 8.74. The van der Waals surface area contributed by atoms with E-state index in [4.69, 9.17) is 0 Å². The first kappa shape index (κ1) is 15.5. The van der Waals surface area contributed by atoms with E-state index in [0.29, 0.717) is 11.9 Å². The third kappa shape index (κ3) is 3.05. The number of nitrogens with zero attached hydrogens (tertiary/aromatic N) is 4. The van der Waals surface area contributed by atoms with Crippen LogP contribution >= 0.6 is 0 Å². The van der Waals surface area contributed by atoms with Gasteiger partial charge in [0, 0.05) is 25.2 Å². The van der Waals surface area contributed by atoms with Crippen molar-refractivity contribution >= 4 is 5.91 Å². The summed E-state index contributed by atoms with van der Waals surface area (Å²) in [6.07, 6.45) is 8.32. The molecule has 2 heterocycles. The molecule has 0 saturated heterocycles. The summed E-state index contributed by atoms with van der Waals surface area (Å²) in [4.78, 5) is 21.4. The number of fused-ring (bicyclic) bond motifs is 1. The highest BCUT2D eigenvalue weighted by Crippen LogP contribution is 2.31. The van der Waals surface area contributed by atoms with Crippen LogP contribution in [0.5, 0.6) is 0 Å². The molecule has 1 atom stereocenters. The minimum atomic E-state index is 0.290. The molecule has 1 saturated carbocycles. The second kappa shape index (κ2) is 6.82. The summed E-state index contributed by atoms with van der Waals surface area (Å²) in [6, 6.07) is 0.371. The van der Waals surface area contributed by atoms with E-state index in [0.717, 1.165) is 52.0 Å². The van der Waals surface area contributed by atoms with E-state index in [2.05, 4.69) is 33.2 Å². The maximum Gasteiger partial charge on any atom is 0.226 e. The molecule has 0 aromatic carbocycles. The smallest absolute Gasteiger partial charge is 0.226 e. The molecule has 0 N–H and O–H groups in total. The summed E-state index contributed by atoms with van der Waals surface area (Å²) in [5.41, 5.74) is 1.18. The highest BCUT2D eigenvalue weighted by molar-refractivity contribution is 5.79. The van der Waals surface area contributed by atoms with Crippen LogP contribution in [-0.2, 0) is 11.3 Å². The van der Waals surface area contributed by atoms with Crippen LogP contribution in [0.2, 0.25) is 0 Å². The maximum atomic E-state index is 12.6. The van der Waals surface area contributed by atoms with E-state index in [1.165, 1.54) is 12.1 Å². The van der Waals surface area contributed by atoms with Gasteiger partial charge in [0.15, 0.2) is 0 Å². The maximum absolute atomic E-state index is 12.6. The first-order valence-electron chi connectivity index (χ1n) is 8.74. The van der Waals surface area contributed by atoms with Crippen LogP contribution in [0.4, 0.5) is 0 Å². The second-order valence-electron chi connectivity index (χ2n) is 6.61. The third-order valence-corrected chi connectivity index (χ3v) is 5.36. The van der Waals surface area contributed by atoms with Crippen LogP contribution in [0, 0.1) is 5.92 Å². The Labute approximate surface area is 133 Å². The molecule has 1 amide bonds. The van der Waals surface area contributed by atoms with Crippen molar-refractivity contribution in [3.8, 4) is 0 Å². The van der Waals surface area contributed by atoms with Gasteiger partial charge in [0.05, 0.1) is 24.6 Å². The molecule has 1 unspecified atom stereocenters. The van der Waals surface area contributed by atoms with Crippen molar-refractivity contribution < 1.29 is 4.79 Å². The summed E-state index contributed by atoms with van der Waals surface area (Å²) in [5, 5.41) is 0. The van der Waals surface area contributed by atoms with Gasteiger partial charge in [-0.1, -0.05) is 20.3 Å². The lowest BCUT2D eigenvalue weighted by Gasteiger charge is -2.38. The van der Waals surface area contributed by atoms with Crippen molar-refractivity contribution in [2.75, 3.05) is 26.2 Å². The fraction of sp³-hybridized carbons (Fsp3) is 0.765. The van der Waals surface area contributed by atoms with Gasteiger partial charge in [0.2, 0.25) is 5.91 Å². The third-order valence-electron chi connectivity index (χ3n) is 5.36. The molecule has 3 rings (SSSR count). The molecule has 5 heteroatoms. The quantitative estimate of drug-likeness (QED) is 0.810. The number of aromatic nitrogens is 2. The Morgan fingerprint density at radius 3 is 2.77 bits per heavy atom. The van der Waals surface area contributed by atoms with Crippen molar-refractivity contribution in [3.63, 3.8) is 0 Å². The van der Waals surface area contributed by atoms with Gasteiger partial charge in [-0.05, 0) is 32.4 Å². The molecule has 1 aromatic heterocycles. The number of rotatable bonds is 6. The number of hydrogen-bond donors (Lipinski definition) is 0. The molecule has 1 aliphatic carbocycles. The van der Waals surface area contributed by atoms with Crippen LogP contribution in [0.3, 0.4) is 0 Å². The highest BCUT2D eigenvalue weighted by Gasteiger charge is 2.34. The van der Waals surface area contributed by atoms with Crippen LogP contribution in [0.15, 0.2) is 12.5 Å². The van der Waals surface area contributed by atoms with Gasteiger partial charge in [-0.15, -0.1) is 0 Å². The Balaban J connectivity index is 1.67. The normalized spacial score (nSPS) is 21.8. The predicted molar refractivity (Wildman–Crippen MR) is 86.4 cm³/mol. The first-order chi connectivity index (χ1) is 10.7. The van der Waals surface area contributed by atoms with Gasteiger partial charge in [0.1, 0.15) is 0 Å². The zero-order valence-corrected chi connectivity index (χ0v) is 13.9. The Morgan fingerprint density at radius 2 is 2.14 bits per heavy atom. The molecule has 1 fully saturated rings. The monoisotopic (exact) mass is 304 g/mol. The standard InChI is InChI=1S/C17H28N4O/c1-3-19(4-2)9-8-15-11-20(17(22)14-6-5-7-14)12-16-10-18-13-21(15)16/h10,13-15H,3-9,11-12H2,1-2H3. The molecule has 0 bridgehead atoms. The van der Waals surface area contributed by atoms with Crippen molar-refractivity contribution in [1.29, 1.82) is 0 Å². The summed E-state index contributed by atoms with van der Waals surface area (Å²) >= 11 is 0. The fourth-order valence-corrected chi connectivity index (χ4v) is 3.57. The number of carbonyl (C=O) groups excluding carboxylic acids is 1. The largest absolute Gasteiger partial charge is 0.334 e. The summed E-state index contributed by atoms with van der Waals surface area (Å²) in [6.45, 7) is 9.26. The Kier molecular flexibility index (Phi) is 4.81. The lowest BCUT2D eigenvalue weighted by atomic mass is 9.84. The van der Waals surface area contributed by atoms with Crippen LogP contribution in [0.25, 0.3) is 0 Å². The van der Waals surface area contributed by atoms with Crippen molar-refractivity contribution in [2.45, 2.75) is 52.1 Å². The van der Waals surface area contributed by atoms with Gasteiger partial charge in [0.25, 0.3) is 0 Å². The molecule has 1 aromatic rings. The minimum absolute atomic E-state index is 0.290. The van der Waals surface area contributed by atoms with Crippen molar-refractivity contribution in [1.82, 2.24) is 19.4 Å². The average molecular weight is 304 g/mol. The number of carbonyl (C=O) groups is 1. The predicted octanol–water partition coefficient (Wildman–Crippen LogP) is 2.30. The number of hydrogen-bond acceptors (Lipinski definition) is 3. The van der Waals surface area contributed by atoms with Gasteiger partial charge in [-0.25, -0.2) is 4.98 Å². The van der Waals surface area contributed by atoms with Crippen LogP contribution in [0.1, 0.15) is 51.3 Å². The zero-order valence-electron chi connectivity index (χ0n) is 13.9.